The average Bonchev–Trinajstić information content (AvgIpc) is 3.79. The Labute approximate surface area is 282 Å². The van der Waals surface area contributed by atoms with E-state index in [9.17, 15) is 14.4 Å². The van der Waals surface area contributed by atoms with Gasteiger partial charge in [-0.3, -0.25) is 19.3 Å². The molecule has 3 fully saturated rings. The number of benzene rings is 3. The van der Waals surface area contributed by atoms with E-state index in [1.54, 1.807) is 62.4 Å². The van der Waals surface area contributed by atoms with Crippen LogP contribution in [-0.2, 0) is 16.2 Å². The summed E-state index contributed by atoms with van der Waals surface area (Å²) in [6.07, 6.45) is 0.807. The lowest BCUT2D eigenvalue weighted by atomic mass is 9.68. The van der Waals surface area contributed by atoms with Crippen LogP contribution in [0.3, 0.4) is 0 Å². The SMILES string of the molecule is COc1ccc(N2C(=O)[C@H]3[C@H]4C[C@@H]([C@@H]3C2=O)[C@H]2[C@H](c3ccc(OCc5ccc(Cl)cc5Cl)c(OC)c3)c3sc(=O)[nH]c3S[C@H]42)cc1. The lowest BCUT2D eigenvalue weighted by Crippen LogP contribution is -2.42. The molecule has 1 saturated heterocycles. The van der Waals surface area contributed by atoms with Crippen LogP contribution in [0.2, 0.25) is 10.0 Å². The van der Waals surface area contributed by atoms with Crippen LogP contribution in [0.1, 0.15) is 28.3 Å². The third-order valence-electron chi connectivity index (χ3n) is 10.00. The van der Waals surface area contributed by atoms with Crippen LogP contribution < -0.4 is 24.0 Å². The fourth-order valence-electron chi connectivity index (χ4n) is 8.17. The van der Waals surface area contributed by atoms with Gasteiger partial charge in [0.2, 0.25) is 11.8 Å². The lowest BCUT2D eigenvalue weighted by molar-refractivity contribution is -0.123. The second-order valence-electron chi connectivity index (χ2n) is 12.1. The fraction of sp³-hybridized carbons (Fsp3) is 0.324. The van der Waals surface area contributed by atoms with Crippen LogP contribution in [0.25, 0.3) is 0 Å². The normalized spacial score (nSPS) is 27.4. The molecule has 4 aliphatic rings. The van der Waals surface area contributed by atoms with Crippen LogP contribution in [0.15, 0.2) is 70.5 Å². The number of carbonyl (C=O) groups is 2. The number of imide groups is 1. The number of carbonyl (C=O) groups excluding carboxylic acids is 2. The van der Waals surface area contributed by atoms with Gasteiger partial charge in [-0.2, -0.15) is 0 Å². The molecule has 1 N–H and O–H groups in total. The Hall–Kier alpha value is -3.44. The number of thioether (sulfide) groups is 1. The molecular weight excluding hydrogens is 667 g/mol. The zero-order valence-electron chi connectivity index (χ0n) is 24.7. The molecule has 7 atom stereocenters. The molecule has 8 rings (SSSR count). The van der Waals surface area contributed by atoms with Gasteiger partial charge >= 0.3 is 4.87 Å². The summed E-state index contributed by atoms with van der Waals surface area (Å²) >= 11 is 15.3. The molecule has 2 aliphatic carbocycles. The molecule has 8 nitrogen and oxygen atoms in total. The first-order chi connectivity index (χ1) is 22.3. The highest BCUT2D eigenvalue weighted by Crippen LogP contribution is 2.68. The molecule has 2 aliphatic heterocycles. The number of nitrogens with zero attached hydrogens (tertiary/aromatic N) is 1. The number of fused-ring (bicyclic) bond motifs is 9. The van der Waals surface area contributed by atoms with Crippen LogP contribution in [0.4, 0.5) is 5.69 Å². The predicted molar refractivity (Wildman–Crippen MR) is 178 cm³/mol. The van der Waals surface area contributed by atoms with Gasteiger partial charge in [-0.1, -0.05) is 46.7 Å². The summed E-state index contributed by atoms with van der Waals surface area (Å²) in [6, 6.07) is 18.2. The number of H-pyrrole nitrogens is 1. The topological polar surface area (TPSA) is 97.9 Å². The Morgan fingerprint density at radius 2 is 1.65 bits per heavy atom. The van der Waals surface area contributed by atoms with Crippen molar-refractivity contribution in [2.45, 2.75) is 29.2 Å². The van der Waals surface area contributed by atoms with Crippen molar-refractivity contribution in [3.05, 3.63) is 96.4 Å². The highest BCUT2D eigenvalue weighted by Gasteiger charge is 2.69. The van der Waals surface area contributed by atoms with Crippen molar-refractivity contribution >= 4 is 63.8 Å². The smallest absolute Gasteiger partial charge is 0.305 e. The van der Waals surface area contributed by atoms with Gasteiger partial charge in [-0.05, 0) is 78.3 Å². The number of methoxy groups -OCH3 is 2. The van der Waals surface area contributed by atoms with E-state index in [1.807, 2.05) is 24.3 Å². The quantitative estimate of drug-likeness (QED) is 0.208. The minimum atomic E-state index is -0.394. The molecule has 0 spiro atoms. The van der Waals surface area contributed by atoms with Crippen LogP contribution in [0.5, 0.6) is 17.2 Å². The van der Waals surface area contributed by atoms with Gasteiger partial charge in [0, 0.05) is 31.7 Å². The molecule has 1 aromatic heterocycles. The molecule has 0 radical (unpaired) electrons. The number of hydrogen-bond donors (Lipinski definition) is 1. The van der Waals surface area contributed by atoms with Gasteiger partial charge < -0.3 is 19.2 Å². The third kappa shape index (κ3) is 4.59. The van der Waals surface area contributed by atoms with Gasteiger partial charge in [0.25, 0.3) is 0 Å². The number of hydrogen-bond acceptors (Lipinski definition) is 8. The fourth-order valence-corrected chi connectivity index (χ4v) is 11.5. The molecule has 4 aromatic rings. The molecule has 3 heterocycles. The van der Waals surface area contributed by atoms with Gasteiger partial charge in [-0.25, -0.2) is 0 Å². The first-order valence-corrected chi connectivity index (χ1v) is 17.4. The predicted octanol–water partition coefficient (Wildman–Crippen LogP) is 7.02. The minimum absolute atomic E-state index is 0.00322. The lowest BCUT2D eigenvalue weighted by Gasteiger charge is -2.43. The molecule has 236 valence electrons. The standard InChI is InChI=1S/C34H28Cl2N2O6S2/c1-42-19-8-6-18(7-9-19)38-32(39)27-20-13-21(28(27)33(38)40)29-26(20)25(30-31(45-29)37-34(41)46-30)15-4-10-23(24(11-15)43-2)44-14-16-3-5-17(35)12-22(16)36/h3-12,20-21,25-29H,13-14H2,1-2H3,(H,37,41)/t20-,21-,25+,26+,27+,28+,29-/m1/s1. The second-order valence-corrected chi connectivity index (χ2v) is 15.2. The Balaban J connectivity index is 1.13. The Kier molecular flexibility index (Phi) is 7.39. The van der Waals surface area contributed by atoms with Crippen molar-refractivity contribution in [1.82, 2.24) is 4.98 Å². The summed E-state index contributed by atoms with van der Waals surface area (Å²) in [5, 5.41) is 2.00. The van der Waals surface area contributed by atoms with Gasteiger partial charge in [0.1, 0.15) is 12.4 Å². The first kappa shape index (κ1) is 29.9. The maximum absolute atomic E-state index is 14.0. The van der Waals surface area contributed by atoms with E-state index < -0.39 is 5.92 Å². The number of ether oxygens (including phenoxy) is 3. The van der Waals surface area contributed by atoms with E-state index >= 15 is 0 Å². The number of halogens is 2. The van der Waals surface area contributed by atoms with Crippen molar-refractivity contribution < 1.29 is 23.8 Å². The first-order valence-electron chi connectivity index (χ1n) is 14.9. The molecule has 2 saturated carbocycles. The van der Waals surface area contributed by atoms with Crippen molar-refractivity contribution in [2.24, 2.45) is 29.6 Å². The van der Waals surface area contributed by atoms with Crippen molar-refractivity contribution in [2.75, 3.05) is 19.1 Å². The Morgan fingerprint density at radius 3 is 2.37 bits per heavy atom. The number of aromatic nitrogens is 1. The van der Waals surface area contributed by atoms with Crippen molar-refractivity contribution in [1.29, 1.82) is 0 Å². The third-order valence-corrected chi connectivity index (χ3v) is 13.2. The van der Waals surface area contributed by atoms with Gasteiger partial charge in [0.05, 0.1) is 36.8 Å². The number of anilines is 1. The Morgan fingerprint density at radius 1 is 0.891 bits per heavy atom. The summed E-state index contributed by atoms with van der Waals surface area (Å²) < 4.78 is 17.2. The van der Waals surface area contributed by atoms with E-state index in [2.05, 4.69) is 4.98 Å². The zero-order chi connectivity index (χ0) is 31.9. The summed E-state index contributed by atoms with van der Waals surface area (Å²) in [4.78, 5) is 45.9. The molecule has 12 heteroatoms. The van der Waals surface area contributed by atoms with Crippen LogP contribution >= 0.6 is 46.3 Å². The summed E-state index contributed by atoms with van der Waals surface area (Å²) in [5.74, 6) is 0.687. The number of nitrogens with one attached hydrogen (secondary N) is 1. The molecule has 3 aromatic carbocycles. The van der Waals surface area contributed by atoms with Crippen molar-refractivity contribution in [3.8, 4) is 17.2 Å². The largest absolute Gasteiger partial charge is 0.497 e. The van der Waals surface area contributed by atoms with Crippen LogP contribution in [0, 0.1) is 29.6 Å². The van der Waals surface area contributed by atoms with Crippen LogP contribution in [-0.4, -0.2) is 36.3 Å². The van der Waals surface area contributed by atoms with Gasteiger partial charge in [0.15, 0.2) is 11.5 Å². The molecule has 2 amide bonds. The van der Waals surface area contributed by atoms with Crippen molar-refractivity contribution in [3.63, 3.8) is 0 Å². The van der Waals surface area contributed by atoms with E-state index in [1.165, 1.54) is 16.2 Å². The second kappa shape index (κ2) is 11.4. The van der Waals surface area contributed by atoms with E-state index in [0.29, 0.717) is 33.0 Å². The number of thiazole rings is 1. The highest BCUT2D eigenvalue weighted by atomic mass is 35.5. The van der Waals surface area contributed by atoms with Gasteiger partial charge in [-0.15, -0.1) is 11.8 Å². The number of amides is 2. The summed E-state index contributed by atoms with van der Waals surface area (Å²) in [6.45, 7) is 0.230. The van der Waals surface area contributed by atoms with E-state index in [4.69, 9.17) is 37.4 Å². The minimum Gasteiger partial charge on any atom is -0.497 e. The monoisotopic (exact) mass is 694 g/mol. The molecule has 0 unspecified atom stereocenters. The van der Waals surface area contributed by atoms with E-state index in [-0.39, 0.29) is 58.1 Å². The number of aromatic amines is 1. The highest BCUT2D eigenvalue weighted by molar-refractivity contribution is 8.00. The zero-order valence-corrected chi connectivity index (χ0v) is 27.8. The molecular formula is C34H28Cl2N2O6S2. The molecule has 2 bridgehead atoms. The average molecular weight is 696 g/mol. The van der Waals surface area contributed by atoms with E-state index in [0.717, 1.165) is 27.5 Å². The maximum atomic E-state index is 14.0. The molecule has 46 heavy (non-hydrogen) atoms. The summed E-state index contributed by atoms with van der Waals surface area (Å²) in [5.41, 5.74) is 2.34. The maximum Gasteiger partial charge on any atom is 0.305 e. The Bertz CT molecular complexity index is 1940. The number of rotatable bonds is 7. The summed E-state index contributed by atoms with van der Waals surface area (Å²) in [7, 11) is 3.18.